The van der Waals surface area contributed by atoms with E-state index in [2.05, 4.69) is 10.6 Å². The number of rotatable bonds is 1. The quantitative estimate of drug-likeness (QED) is 0.608. The van der Waals surface area contributed by atoms with Gasteiger partial charge in [-0.15, -0.1) is 0 Å². The van der Waals surface area contributed by atoms with E-state index in [1.165, 1.54) is 0 Å². The minimum atomic E-state index is -0.872. The first-order valence-corrected chi connectivity index (χ1v) is 7.01. The van der Waals surface area contributed by atoms with Crippen LogP contribution in [-0.4, -0.2) is 23.3 Å². The Labute approximate surface area is 123 Å². The average Bonchev–Trinajstić information content (AvgIpc) is 2.86. The molecule has 1 saturated heterocycles. The second kappa shape index (κ2) is 4.16. The van der Waals surface area contributed by atoms with Crippen LogP contribution in [0.4, 0.5) is 4.79 Å². The minimum Gasteiger partial charge on any atom is -0.323 e. The van der Waals surface area contributed by atoms with Crippen molar-refractivity contribution in [3.63, 3.8) is 0 Å². The Morgan fingerprint density at radius 2 is 1.81 bits per heavy atom. The number of nitrogens with one attached hydrogen (secondary N) is 2. The van der Waals surface area contributed by atoms with Crippen molar-refractivity contribution < 1.29 is 14.4 Å². The molecule has 0 bridgehead atoms. The molecule has 3 amide bonds. The van der Waals surface area contributed by atoms with Gasteiger partial charge in [0.1, 0.15) is 5.54 Å². The molecule has 1 aliphatic heterocycles. The Bertz CT molecular complexity index is 673. The van der Waals surface area contributed by atoms with Crippen molar-refractivity contribution in [3.8, 4) is 0 Å². The molecule has 21 heavy (non-hydrogen) atoms. The van der Waals surface area contributed by atoms with Gasteiger partial charge >= 0.3 is 6.03 Å². The fraction of sp³-hybridized carbons (Fsp3) is 0.438. The van der Waals surface area contributed by atoms with Gasteiger partial charge in [0, 0.05) is 23.8 Å². The summed E-state index contributed by atoms with van der Waals surface area (Å²) in [5, 5.41) is 5.01. The molecule has 1 atom stereocenters. The third-order valence-corrected chi connectivity index (χ3v) is 4.15. The van der Waals surface area contributed by atoms with Crippen molar-refractivity contribution in [2.45, 2.75) is 39.2 Å². The van der Waals surface area contributed by atoms with Crippen LogP contribution in [0.5, 0.6) is 0 Å². The summed E-state index contributed by atoms with van der Waals surface area (Å²) in [5.41, 5.74) is 1.31. The number of hydrogen-bond acceptors (Lipinski definition) is 3. The smallest absolute Gasteiger partial charge is 0.322 e. The Balaban J connectivity index is 1.93. The molecule has 1 aliphatic carbocycles. The lowest BCUT2D eigenvalue weighted by Crippen LogP contribution is -2.47. The van der Waals surface area contributed by atoms with Gasteiger partial charge in [0.2, 0.25) is 0 Å². The van der Waals surface area contributed by atoms with Crippen LogP contribution < -0.4 is 10.6 Å². The first-order valence-electron chi connectivity index (χ1n) is 7.01. The molecule has 0 aromatic heterocycles. The Morgan fingerprint density at radius 3 is 2.38 bits per heavy atom. The van der Waals surface area contributed by atoms with Crippen molar-refractivity contribution in [2.75, 3.05) is 0 Å². The molecule has 0 saturated carbocycles. The highest BCUT2D eigenvalue weighted by atomic mass is 16.2. The van der Waals surface area contributed by atoms with Crippen LogP contribution in [0.2, 0.25) is 0 Å². The second-order valence-electron chi connectivity index (χ2n) is 6.91. The van der Waals surface area contributed by atoms with E-state index in [4.69, 9.17) is 0 Å². The van der Waals surface area contributed by atoms with Gasteiger partial charge < -0.3 is 5.32 Å². The van der Waals surface area contributed by atoms with Gasteiger partial charge in [0.05, 0.1) is 0 Å². The molecule has 1 fully saturated rings. The summed E-state index contributed by atoms with van der Waals surface area (Å²) in [4.78, 5) is 35.7. The van der Waals surface area contributed by atoms with E-state index in [0.717, 1.165) is 11.1 Å². The first kappa shape index (κ1) is 13.8. The van der Waals surface area contributed by atoms with Gasteiger partial charge in [-0.2, -0.15) is 0 Å². The van der Waals surface area contributed by atoms with Crippen molar-refractivity contribution in [2.24, 2.45) is 5.41 Å². The number of ketones is 1. The standard InChI is InChI=1S/C16H18N2O3/c1-15(2,3)12(19)9-4-5-10-7-16(8-11(10)6-9)13(20)17-14(21)18-16/h4-6H,7-8H2,1-3H3,(H2,17,18,20,21). The summed E-state index contributed by atoms with van der Waals surface area (Å²) in [5.74, 6) is -0.210. The maximum Gasteiger partial charge on any atom is 0.322 e. The van der Waals surface area contributed by atoms with E-state index < -0.39 is 17.0 Å². The highest BCUT2D eigenvalue weighted by Crippen LogP contribution is 2.34. The van der Waals surface area contributed by atoms with Crippen LogP contribution in [0.3, 0.4) is 0 Å². The Kier molecular flexibility index (Phi) is 2.74. The van der Waals surface area contributed by atoms with E-state index in [9.17, 15) is 14.4 Å². The number of urea groups is 1. The van der Waals surface area contributed by atoms with Crippen LogP contribution in [0.1, 0.15) is 42.3 Å². The monoisotopic (exact) mass is 286 g/mol. The molecule has 0 radical (unpaired) electrons. The van der Waals surface area contributed by atoms with E-state index in [0.29, 0.717) is 18.4 Å². The number of fused-ring (bicyclic) bond motifs is 1. The maximum absolute atomic E-state index is 12.3. The summed E-state index contributed by atoms with van der Waals surface area (Å²) in [6.45, 7) is 5.65. The molecule has 1 unspecified atom stereocenters. The zero-order chi connectivity index (χ0) is 15.4. The van der Waals surface area contributed by atoms with E-state index in [1.54, 1.807) is 6.07 Å². The number of imide groups is 1. The second-order valence-corrected chi connectivity index (χ2v) is 6.91. The van der Waals surface area contributed by atoms with Gasteiger partial charge in [-0.1, -0.05) is 32.9 Å². The van der Waals surface area contributed by atoms with Crippen molar-refractivity contribution in [1.29, 1.82) is 0 Å². The SMILES string of the molecule is CC(C)(C)C(=O)c1ccc2c(c1)CC1(C2)NC(=O)NC1=O. The van der Waals surface area contributed by atoms with Crippen molar-refractivity contribution in [1.82, 2.24) is 10.6 Å². The van der Waals surface area contributed by atoms with E-state index >= 15 is 0 Å². The highest BCUT2D eigenvalue weighted by molar-refractivity contribution is 6.08. The number of hydrogen-bond donors (Lipinski definition) is 2. The summed E-state index contributed by atoms with van der Waals surface area (Å²) >= 11 is 0. The lowest BCUT2D eigenvalue weighted by molar-refractivity contribution is -0.123. The van der Waals surface area contributed by atoms with Crippen molar-refractivity contribution >= 4 is 17.7 Å². The summed E-state index contributed by atoms with van der Waals surface area (Å²) in [6, 6.07) is 5.11. The predicted octanol–water partition coefficient (Wildman–Crippen LogP) is 1.59. The number of benzene rings is 1. The lowest BCUT2D eigenvalue weighted by atomic mass is 9.86. The zero-order valence-corrected chi connectivity index (χ0v) is 12.4. The molecule has 5 nitrogen and oxygen atoms in total. The molecular weight excluding hydrogens is 268 g/mol. The number of Topliss-reactive ketones (excluding diaryl/α,β-unsaturated/α-hetero) is 1. The maximum atomic E-state index is 12.3. The molecule has 1 aromatic rings. The highest BCUT2D eigenvalue weighted by Gasteiger charge is 2.50. The van der Waals surface area contributed by atoms with Crippen LogP contribution in [0.25, 0.3) is 0 Å². The van der Waals surface area contributed by atoms with Gasteiger partial charge in [-0.25, -0.2) is 4.79 Å². The number of carbonyl (C=O) groups is 3. The molecule has 2 N–H and O–H groups in total. The molecule has 1 heterocycles. The van der Waals surface area contributed by atoms with Gasteiger partial charge in [-0.3, -0.25) is 14.9 Å². The van der Waals surface area contributed by atoms with Crippen LogP contribution in [-0.2, 0) is 17.6 Å². The molecule has 5 heteroatoms. The van der Waals surface area contributed by atoms with Gasteiger partial charge in [-0.05, 0) is 17.2 Å². The summed E-state index contributed by atoms with van der Waals surface area (Å²) < 4.78 is 0. The average molecular weight is 286 g/mol. The van der Waals surface area contributed by atoms with Crippen LogP contribution in [0, 0.1) is 5.41 Å². The van der Waals surface area contributed by atoms with Gasteiger partial charge in [0.25, 0.3) is 5.91 Å². The van der Waals surface area contributed by atoms with Crippen LogP contribution in [0.15, 0.2) is 18.2 Å². The predicted molar refractivity (Wildman–Crippen MR) is 77.0 cm³/mol. The summed E-state index contributed by atoms with van der Waals surface area (Å²) in [7, 11) is 0. The first-order chi connectivity index (χ1) is 9.71. The molecule has 3 rings (SSSR count). The third-order valence-electron chi connectivity index (χ3n) is 4.15. The molecule has 2 aliphatic rings. The molecule has 1 spiro atoms. The topological polar surface area (TPSA) is 75.3 Å². The minimum absolute atomic E-state index is 0.0751. The summed E-state index contributed by atoms with van der Waals surface area (Å²) in [6.07, 6.45) is 0.912. The molecule has 110 valence electrons. The molecule has 1 aromatic carbocycles. The fourth-order valence-electron chi connectivity index (χ4n) is 3.03. The molecular formula is C16H18N2O3. The zero-order valence-electron chi connectivity index (χ0n) is 12.4. The number of amides is 3. The fourth-order valence-corrected chi connectivity index (χ4v) is 3.03. The van der Waals surface area contributed by atoms with E-state index in [-0.39, 0.29) is 11.7 Å². The number of carbonyl (C=O) groups excluding carboxylic acids is 3. The Hall–Kier alpha value is -2.17. The Morgan fingerprint density at radius 1 is 1.14 bits per heavy atom. The lowest BCUT2D eigenvalue weighted by Gasteiger charge is -2.18. The normalized spacial score (nSPS) is 24.0. The van der Waals surface area contributed by atoms with Gasteiger partial charge in [0.15, 0.2) is 5.78 Å². The van der Waals surface area contributed by atoms with Crippen molar-refractivity contribution in [3.05, 3.63) is 34.9 Å². The largest absolute Gasteiger partial charge is 0.323 e. The van der Waals surface area contributed by atoms with E-state index in [1.807, 2.05) is 32.9 Å². The third kappa shape index (κ3) is 2.13. The van der Waals surface area contributed by atoms with Crippen LogP contribution >= 0.6 is 0 Å².